The van der Waals surface area contributed by atoms with E-state index >= 15 is 0 Å². The summed E-state index contributed by atoms with van der Waals surface area (Å²) in [4.78, 5) is 52.3. The second-order valence-electron chi connectivity index (χ2n) is 8.43. The van der Waals surface area contributed by atoms with E-state index in [0.29, 0.717) is 36.6 Å². The Morgan fingerprint density at radius 3 is 2.44 bits per heavy atom. The van der Waals surface area contributed by atoms with Crippen LogP contribution in [0.25, 0.3) is 0 Å². The highest BCUT2D eigenvalue weighted by atomic mass is 16.2. The first-order chi connectivity index (χ1) is 16.2. The molecule has 0 saturated carbocycles. The van der Waals surface area contributed by atoms with Gasteiger partial charge in [-0.3, -0.25) is 24.1 Å². The first-order valence-corrected chi connectivity index (χ1v) is 11.2. The number of hydrogen-bond acceptors (Lipinski definition) is 5. The van der Waals surface area contributed by atoms with Gasteiger partial charge < -0.3 is 20.9 Å². The van der Waals surface area contributed by atoms with Crippen LogP contribution in [0.4, 0.5) is 11.4 Å². The molecule has 1 aliphatic heterocycles. The normalized spacial score (nSPS) is 16.0. The molecular weight excluding hydrogens is 434 g/mol. The molecule has 9 nitrogen and oxygen atoms in total. The molecule has 3 N–H and O–H groups in total. The van der Waals surface area contributed by atoms with E-state index in [9.17, 15) is 19.2 Å². The minimum Gasteiger partial charge on any atom is -0.355 e. The number of nitrogens with one attached hydrogen (secondary N) is 3. The van der Waals surface area contributed by atoms with E-state index in [0.717, 1.165) is 11.1 Å². The average molecular weight is 466 g/mol. The average Bonchev–Trinajstić information content (AvgIpc) is 2.80. The summed E-state index contributed by atoms with van der Waals surface area (Å²) in [5, 5.41) is 8.26. The predicted octanol–water partition coefficient (Wildman–Crippen LogP) is 2.16. The molecule has 0 bridgehead atoms. The minimum absolute atomic E-state index is 0.0513. The Balaban J connectivity index is 1.71. The van der Waals surface area contributed by atoms with Gasteiger partial charge in [-0.1, -0.05) is 18.2 Å². The van der Waals surface area contributed by atoms with E-state index in [-0.39, 0.29) is 36.2 Å². The van der Waals surface area contributed by atoms with Crippen LogP contribution in [0.3, 0.4) is 0 Å². The third kappa shape index (κ3) is 6.20. The molecule has 1 aliphatic rings. The van der Waals surface area contributed by atoms with Crippen molar-refractivity contribution in [1.29, 1.82) is 0 Å². The van der Waals surface area contributed by atoms with Crippen LogP contribution in [0.15, 0.2) is 42.5 Å². The molecule has 0 radical (unpaired) electrons. The zero-order valence-corrected chi connectivity index (χ0v) is 20.0. The first kappa shape index (κ1) is 24.9. The summed E-state index contributed by atoms with van der Waals surface area (Å²) in [6, 6.07) is 12.3. The van der Waals surface area contributed by atoms with Crippen LogP contribution in [-0.4, -0.2) is 66.7 Å². The van der Waals surface area contributed by atoms with Crippen molar-refractivity contribution in [2.75, 3.05) is 43.9 Å². The molecule has 4 amide bonds. The molecule has 1 unspecified atom stereocenters. The topological polar surface area (TPSA) is 111 Å². The van der Waals surface area contributed by atoms with Gasteiger partial charge in [-0.25, -0.2) is 0 Å². The van der Waals surface area contributed by atoms with Crippen molar-refractivity contribution in [3.63, 3.8) is 0 Å². The van der Waals surface area contributed by atoms with Gasteiger partial charge in [-0.2, -0.15) is 0 Å². The van der Waals surface area contributed by atoms with Crippen LogP contribution in [0, 0.1) is 6.92 Å². The Labute approximate surface area is 199 Å². The summed E-state index contributed by atoms with van der Waals surface area (Å²) < 4.78 is 0. The van der Waals surface area contributed by atoms with Gasteiger partial charge in [0.15, 0.2) is 0 Å². The quantitative estimate of drug-likeness (QED) is 0.606. The molecule has 2 aromatic carbocycles. The molecule has 0 aliphatic carbocycles. The number of anilines is 2. The zero-order chi connectivity index (χ0) is 24.8. The van der Waals surface area contributed by atoms with Crippen LogP contribution >= 0.6 is 0 Å². The second kappa shape index (κ2) is 10.9. The fourth-order valence-electron chi connectivity index (χ4n) is 4.10. The van der Waals surface area contributed by atoms with Gasteiger partial charge in [0, 0.05) is 57.5 Å². The van der Waals surface area contributed by atoms with E-state index in [1.165, 1.54) is 13.8 Å². The van der Waals surface area contributed by atoms with Crippen LogP contribution in [0.1, 0.15) is 41.4 Å². The van der Waals surface area contributed by atoms with Gasteiger partial charge in [0.25, 0.3) is 5.91 Å². The van der Waals surface area contributed by atoms with E-state index in [1.54, 1.807) is 42.3 Å². The van der Waals surface area contributed by atoms with E-state index < -0.39 is 0 Å². The third-order valence-corrected chi connectivity index (χ3v) is 5.83. The summed E-state index contributed by atoms with van der Waals surface area (Å²) in [7, 11) is 1.57. The highest BCUT2D eigenvalue weighted by Gasteiger charge is 2.31. The first-order valence-electron chi connectivity index (χ1n) is 11.2. The van der Waals surface area contributed by atoms with E-state index in [2.05, 4.69) is 16.0 Å². The van der Waals surface area contributed by atoms with Crippen molar-refractivity contribution in [1.82, 2.24) is 15.1 Å². The number of rotatable bonds is 6. The van der Waals surface area contributed by atoms with Crippen LogP contribution in [0.2, 0.25) is 0 Å². The molecule has 34 heavy (non-hydrogen) atoms. The van der Waals surface area contributed by atoms with Crippen molar-refractivity contribution in [2.24, 2.45) is 0 Å². The molecule has 9 heteroatoms. The molecular formula is C25H31N5O4. The standard InChI is InChI=1S/C25H31N5O4/c1-16-8-9-21(13-22(16)27-17(2)31)28-24(33)15-29-10-11-30(18(3)32)23(14-29)19-6-5-7-20(12-19)25(34)26-4/h5-9,12-13,23H,10-11,14-15H2,1-4H3,(H,26,34)(H,27,31)(H,28,33). The predicted molar refractivity (Wildman–Crippen MR) is 131 cm³/mol. The molecule has 180 valence electrons. The molecule has 1 atom stereocenters. The lowest BCUT2D eigenvalue weighted by Gasteiger charge is -2.41. The summed E-state index contributed by atoms with van der Waals surface area (Å²) in [5.41, 5.74) is 3.51. The summed E-state index contributed by atoms with van der Waals surface area (Å²) in [5.74, 6) is -0.613. The number of carbonyl (C=O) groups is 4. The summed E-state index contributed by atoms with van der Waals surface area (Å²) in [6.07, 6.45) is 0. The largest absolute Gasteiger partial charge is 0.355 e. The number of hydrogen-bond donors (Lipinski definition) is 3. The molecule has 0 spiro atoms. The molecule has 1 heterocycles. The van der Waals surface area contributed by atoms with Crippen molar-refractivity contribution in [3.8, 4) is 0 Å². The van der Waals surface area contributed by atoms with Crippen molar-refractivity contribution in [3.05, 3.63) is 59.2 Å². The maximum Gasteiger partial charge on any atom is 0.251 e. The fourth-order valence-corrected chi connectivity index (χ4v) is 4.10. The molecule has 2 aromatic rings. The second-order valence-corrected chi connectivity index (χ2v) is 8.43. The number of piperazine rings is 1. The Bertz CT molecular complexity index is 1100. The monoisotopic (exact) mass is 465 g/mol. The summed E-state index contributed by atoms with van der Waals surface area (Å²) >= 11 is 0. The van der Waals surface area contributed by atoms with Gasteiger partial charge in [0.1, 0.15) is 0 Å². The van der Waals surface area contributed by atoms with Crippen LogP contribution in [-0.2, 0) is 14.4 Å². The molecule has 1 saturated heterocycles. The molecule has 0 aromatic heterocycles. The third-order valence-electron chi connectivity index (χ3n) is 5.83. The molecule has 1 fully saturated rings. The lowest BCUT2D eigenvalue weighted by atomic mass is 9.99. The smallest absolute Gasteiger partial charge is 0.251 e. The van der Waals surface area contributed by atoms with Gasteiger partial charge in [0.2, 0.25) is 17.7 Å². The zero-order valence-electron chi connectivity index (χ0n) is 20.0. The lowest BCUT2D eigenvalue weighted by Crippen LogP contribution is -2.51. The maximum absolute atomic E-state index is 12.8. The van der Waals surface area contributed by atoms with Crippen molar-refractivity contribution >= 4 is 35.0 Å². The van der Waals surface area contributed by atoms with Crippen LogP contribution < -0.4 is 16.0 Å². The van der Waals surface area contributed by atoms with E-state index in [1.807, 2.05) is 24.0 Å². The number of amides is 4. The van der Waals surface area contributed by atoms with E-state index in [4.69, 9.17) is 0 Å². The Hall–Kier alpha value is -3.72. The van der Waals surface area contributed by atoms with Gasteiger partial charge in [-0.05, 0) is 42.3 Å². The van der Waals surface area contributed by atoms with Gasteiger partial charge in [0.05, 0.1) is 12.6 Å². The minimum atomic E-state index is -0.269. The van der Waals surface area contributed by atoms with Gasteiger partial charge >= 0.3 is 0 Å². The summed E-state index contributed by atoms with van der Waals surface area (Å²) in [6.45, 7) is 6.51. The van der Waals surface area contributed by atoms with Crippen molar-refractivity contribution in [2.45, 2.75) is 26.8 Å². The SMILES string of the molecule is CNC(=O)c1cccc(C2CN(CC(=O)Nc3ccc(C)c(NC(C)=O)c3)CCN2C(C)=O)c1. The lowest BCUT2D eigenvalue weighted by molar-refractivity contribution is -0.134. The highest BCUT2D eigenvalue weighted by molar-refractivity contribution is 5.95. The Morgan fingerprint density at radius 1 is 1.00 bits per heavy atom. The Morgan fingerprint density at radius 2 is 1.76 bits per heavy atom. The van der Waals surface area contributed by atoms with Crippen molar-refractivity contribution < 1.29 is 19.2 Å². The van der Waals surface area contributed by atoms with Crippen LogP contribution in [0.5, 0.6) is 0 Å². The number of nitrogens with zero attached hydrogens (tertiary/aromatic N) is 2. The highest BCUT2D eigenvalue weighted by Crippen LogP contribution is 2.27. The molecule has 3 rings (SSSR count). The van der Waals surface area contributed by atoms with Gasteiger partial charge in [-0.15, -0.1) is 0 Å². The fraction of sp³-hybridized carbons (Fsp3) is 0.360. The number of carbonyl (C=O) groups excluding carboxylic acids is 4. The number of aryl methyl sites for hydroxylation is 1. The maximum atomic E-state index is 12.8. The number of benzene rings is 2. The Kier molecular flexibility index (Phi) is 8.01.